The van der Waals surface area contributed by atoms with Gasteiger partial charge in [0.2, 0.25) is 0 Å². The van der Waals surface area contributed by atoms with Crippen molar-refractivity contribution in [1.82, 2.24) is 19.8 Å². The molecular formula is C20H32N4. The fourth-order valence-corrected chi connectivity index (χ4v) is 4.85. The average molecular weight is 329 g/mol. The van der Waals surface area contributed by atoms with Crippen LogP contribution in [0.1, 0.15) is 67.9 Å². The number of piperidine rings is 1. The van der Waals surface area contributed by atoms with Crippen molar-refractivity contribution >= 4 is 0 Å². The Labute approximate surface area is 146 Å². The molecule has 1 aromatic heterocycles. The second-order valence-electron chi connectivity index (χ2n) is 8.29. The number of likely N-dealkylation sites (N-methyl/N-ethyl adjacent to an activating group) is 1. The molecule has 0 unspecified atom stereocenters. The first-order chi connectivity index (χ1) is 11.8. The third kappa shape index (κ3) is 3.80. The number of fused-ring (bicyclic) bond motifs is 1. The summed E-state index contributed by atoms with van der Waals surface area (Å²) in [6.07, 6.45) is 13.0. The zero-order chi connectivity index (χ0) is 16.4. The predicted molar refractivity (Wildman–Crippen MR) is 97.1 cm³/mol. The first-order valence-electron chi connectivity index (χ1n) is 10.0. The molecule has 4 rings (SSSR count). The molecule has 0 bridgehead atoms. The van der Waals surface area contributed by atoms with E-state index in [0.717, 1.165) is 31.3 Å². The van der Waals surface area contributed by atoms with Crippen LogP contribution in [0.4, 0.5) is 0 Å². The van der Waals surface area contributed by atoms with Gasteiger partial charge in [0.15, 0.2) is 0 Å². The molecule has 0 amide bonds. The normalized spacial score (nSPS) is 27.1. The third-order valence-electron chi connectivity index (χ3n) is 6.26. The summed E-state index contributed by atoms with van der Waals surface area (Å²) in [5.74, 6) is 2.56. The van der Waals surface area contributed by atoms with Gasteiger partial charge in [0.05, 0.1) is 0 Å². The number of rotatable bonds is 3. The van der Waals surface area contributed by atoms with E-state index in [1.165, 1.54) is 75.8 Å². The van der Waals surface area contributed by atoms with Crippen molar-refractivity contribution in [3.63, 3.8) is 0 Å². The number of likely N-dealkylation sites (tertiary alicyclic amines) is 1. The molecule has 132 valence electrons. The van der Waals surface area contributed by atoms with Gasteiger partial charge in [-0.15, -0.1) is 0 Å². The van der Waals surface area contributed by atoms with Crippen LogP contribution in [-0.2, 0) is 13.0 Å². The molecule has 1 aromatic rings. The zero-order valence-corrected chi connectivity index (χ0v) is 15.2. The highest BCUT2D eigenvalue weighted by Crippen LogP contribution is 2.28. The monoisotopic (exact) mass is 328 g/mol. The topological polar surface area (TPSA) is 32.3 Å². The van der Waals surface area contributed by atoms with Crippen LogP contribution >= 0.6 is 0 Å². The molecule has 4 heteroatoms. The van der Waals surface area contributed by atoms with Crippen LogP contribution in [0.15, 0.2) is 6.20 Å². The van der Waals surface area contributed by atoms with Crippen LogP contribution in [0, 0.1) is 5.92 Å². The highest BCUT2D eigenvalue weighted by atomic mass is 15.1. The van der Waals surface area contributed by atoms with Crippen LogP contribution in [0.2, 0.25) is 0 Å². The number of aromatic nitrogens is 2. The molecule has 4 nitrogen and oxygen atoms in total. The lowest BCUT2D eigenvalue weighted by molar-refractivity contribution is 0.185. The summed E-state index contributed by atoms with van der Waals surface area (Å²) in [6.45, 7) is 5.87. The summed E-state index contributed by atoms with van der Waals surface area (Å²) in [5, 5.41) is 0. The van der Waals surface area contributed by atoms with Crippen molar-refractivity contribution < 1.29 is 0 Å². The second kappa shape index (κ2) is 7.49. The van der Waals surface area contributed by atoms with Gasteiger partial charge in [-0.2, -0.15) is 0 Å². The van der Waals surface area contributed by atoms with Crippen LogP contribution in [0.5, 0.6) is 0 Å². The van der Waals surface area contributed by atoms with Gasteiger partial charge in [0.1, 0.15) is 5.82 Å². The summed E-state index contributed by atoms with van der Waals surface area (Å²) in [5.41, 5.74) is 2.71. The Balaban J connectivity index is 1.39. The summed E-state index contributed by atoms with van der Waals surface area (Å²) in [6, 6.07) is 0. The Hall–Kier alpha value is -1.00. The lowest BCUT2D eigenvalue weighted by atomic mass is 9.88. The van der Waals surface area contributed by atoms with E-state index >= 15 is 0 Å². The highest BCUT2D eigenvalue weighted by molar-refractivity contribution is 5.21. The van der Waals surface area contributed by atoms with Gasteiger partial charge in [-0.05, 0) is 45.2 Å². The van der Waals surface area contributed by atoms with Crippen molar-refractivity contribution in [2.45, 2.75) is 63.8 Å². The van der Waals surface area contributed by atoms with Crippen LogP contribution in [0.3, 0.4) is 0 Å². The maximum Gasteiger partial charge on any atom is 0.132 e. The van der Waals surface area contributed by atoms with Crippen molar-refractivity contribution in [3.05, 3.63) is 23.3 Å². The molecule has 0 radical (unpaired) electrons. The minimum absolute atomic E-state index is 0.536. The molecule has 1 atom stereocenters. The number of nitrogens with zero attached hydrogens (tertiary/aromatic N) is 4. The Kier molecular flexibility index (Phi) is 5.14. The molecule has 0 aromatic carbocycles. The summed E-state index contributed by atoms with van der Waals surface area (Å²) >= 11 is 0. The first kappa shape index (κ1) is 16.5. The fraction of sp³-hybridized carbons (Fsp3) is 0.800. The molecule has 1 saturated heterocycles. The van der Waals surface area contributed by atoms with Gasteiger partial charge >= 0.3 is 0 Å². The molecule has 1 saturated carbocycles. The summed E-state index contributed by atoms with van der Waals surface area (Å²) in [7, 11) is 2.22. The van der Waals surface area contributed by atoms with Gasteiger partial charge in [-0.1, -0.05) is 19.3 Å². The van der Waals surface area contributed by atoms with Crippen molar-refractivity contribution in [2.75, 3.05) is 33.2 Å². The minimum atomic E-state index is 0.536. The summed E-state index contributed by atoms with van der Waals surface area (Å²) in [4.78, 5) is 14.8. The SMILES string of the molecule is CN1CCC[C@@H](c2ncc3c(n2)CCN(CC2CCCCC2)C3)C1. The van der Waals surface area contributed by atoms with E-state index in [1.54, 1.807) is 0 Å². The maximum atomic E-state index is 4.99. The van der Waals surface area contributed by atoms with Gasteiger partial charge in [-0.25, -0.2) is 9.97 Å². The molecular weight excluding hydrogens is 296 g/mol. The molecule has 3 heterocycles. The van der Waals surface area contributed by atoms with E-state index in [9.17, 15) is 0 Å². The molecule has 24 heavy (non-hydrogen) atoms. The van der Waals surface area contributed by atoms with Crippen LogP contribution in [-0.4, -0.2) is 53.0 Å². The Bertz CT molecular complexity index is 553. The van der Waals surface area contributed by atoms with Crippen LogP contribution < -0.4 is 0 Å². The van der Waals surface area contributed by atoms with Crippen LogP contribution in [0.25, 0.3) is 0 Å². The predicted octanol–water partition coefficient (Wildman–Crippen LogP) is 3.22. The molecule has 2 fully saturated rings. The molecule has 2 aliphatic heterocycles. The van der Waals surface area contributed by atoms with Crippen molar-refractivity contribution in [2.24, 2.45) is 5.92 Å². The first-order valence-corrected chi connectivity index (χ1v) is 10.0. The van der Waals surface area contributed by atoms with E-state index < -0.39 is 0 Å². The smallest absolute Gasteiger partial charge is 0.132 e. The molecule has 1 aliphatic carbocycles. The Morgan fingerprint density at radius 2 is 1.96 bits per heavy atom. The minimum Gasteiger partial charge on any atom is -0.306 e. The maximum absolute atomic E-state index is 4.99. The highest BCUT2D eigenvalue weighted by Gasteiger charge is 2.25. The molecule has 0 spiro atoms. The van der Waals surface area contributed by atoms with E-state index in [1.807, 2.05) is 0 Å². The van der Waals surface area contributed by atoms with E-state index in [4.69, 9.17) is 9.97 Å². The van der Waals surface area contributed by atoms with E-state index in [2.05, 4.69) is 23.0 Å². The molecule has 3 aliphatic rings. The Morgan fingerprint density at radius 1 is 1.08 bits per heavy atom. The lowest BCUT2D eigenvalue weighted by Gasteiger charge is -2.33. The average Bonchev–Trinajstić information content (AvgIpc) is 2.62. The van der Waals surface area contributed by atoms with Gasteiger partial charge < -0.3 is 4.90 Å². The Morgan fingerprint density at radius 3 is 2.79 bits per heavy atom. The summed E-state index contributed by atoms with van der Waals surface area (Å²) < 4.78 is 0. The standard InChI is InChI=1S/C20H32N4/c1-23-10-5-8-17(14-23)20-21-12-18-15-24(11-9-19(18)22-20)13-16-6-3-2-4-7-16/h12,16-17H,2-11,13-15H2,1H3/t17-/m1/s1. The number of hydrogen-bond acceptors (Lipinski definition) is 4. The third-order valence-corrected chi connectivity index (χ3v) is 6.26. The zero-order valence-electron chi connectivity index (χ0n) is 15.2. The molecule has 0 N–H and O–H groups in total. The van der Waals surface area contributed by atoms with E-state index in [-0.39, 0.29) is 0 Å². The van der Waals surface area contributed by atoms with Crippen molar-refractivity contribution in [1.29, 1.82) is 0 Å². The second-order valence-corrected chi connectivity index (χ2v) is 8.29. The largest absolute Gasteiger partial charge is 0.306 e. The van der Waals surface area contributed by atoms with Gasteiger partial charge in [0.25, 0.3) is 0 Å². The lowest BCUT2D eigenvalue weighted by Crippen LogP contribution is -2.36. The fourth-order valence-electron chi connectivity index (χ4n) is 4.85. The quantitative estimate of drug-likeness (QED) is 0.853. The van der Waals surface area contributed by atoms with E-state index in [0.29, 0.717) is 5.92 Å². The van der Waals surface area contributed by atoms with Gasteiger partial charge in [0, 0.05) is 56.0 Å². The van der Waals surface area contributed by atoms with Gasteiger partial charge in [-0.3, -0.25) is 4.90 Å². The number of hydrogen-bond donors (Lipinski definition) is 0. The van der Waals surface area contributed by atoms with Crippen molar-refractivity contribution in [3.8, 4) is 0 Å².